The number of nitrogens with one attached hydrogen (secondary N) is 1. The summed E-state index contributed by atoms with van der Waals surface area (Å²) in [7, 11) is 0. The number of benzene rings is 1. The Labute approximate surface area is 135 Å². The zero-order valence-electron chi connectivity index (χ0n) is 13.2. The number of thioether (sulfide) groups is 1. The molecule has 0 spiro atoms. The molecule has 3 rings (SSSR count). The Kier molecular flexibility index (Phi) is 4.25. The van der Waals surface area contributed by atoms with Crippen LogP contribution in [0.25, 0.3) is 0 Å². The highest BCUT2D eigenvalue weighted by molar-refractivity contribution is 8.00. The number of nitrogens with zero attached hydrogens (tertiary/aromatic N) is 2. The monoisotopic (exact) mass is 315 g/mol. The lowest BCUT2D eigenvalue weighted by atomic mass is 10.1. The summed E-state index contributed by atoms with van der Waals surface area (Å²) in [6.07, 6.45) is 6.26. The topological polar surface area (TPSA) is 46.9 Å². The molecule has 5 heteroatoms. The van der Waals surface area contributed by atoms with Gasteiger partial charge in [-0.25, -0.2) is 4.98 Å². The molecule has 116 valence electrons. The SMILES string of the molecule is Cc1cccc(C)c1NC(=O)C(C)Sc1nccn1C1CC1. The molecule has 1 saturated carbocycles. The Bertz CT molecular complexity index is 671. The third-order valence-electron chi connectivity index (χ3n) is 3.95. The minimum absolute atomic E-state index is 0.0211. The second kappa shape index (κ2) is 6.16. The van der Waals surface area contributed by atoms with Crippen LogP contribution in [0, 0.1) is 13.8 Å². The van der Waals surface area contributed by atoms with E-state index in [9.17, 15) is 4.79 Å². The average Bonchev–Trinajstić information content (AvgIpc) is 3.23. The Morgan fingerprint density at radius 1 is 1.36 bits per heavy atom. The third kappa shape index (κ3) is 3.19. The number of rotatable bonds is 5. The lowest BCUT2D eigenvalue weighted by Crippen LogP contribution is -2.23. The quantitative estimate of drug-likeness (QED) is 0.850. The Morgan fingerprint density at radius 3 is 2.68 bits per heavy atom. The van der Waals surface area contributed by atoms with E-state index >= 15 is 0 Å². The number of aryl methyl sites for hydroxylation is 2. The molecule has 22 heavy (non-hydrogen) atoms. The number of aromatic nitrogens is 2. The molecule has 2 aromatic rings. The van der Waals surface area contributed by atoms with Crippen LogP contribution in [0.1, 0.15) is 36.9 Å². The van der Waals surface area contributed by atoms with E-state index in [1.54, 1.807) is 0 Å². The zero-order valence-corrected chi connectivity index (χ0v) is 14.0. The molecular formula is C17H21N3OS. The zero-order chi connectivity index (χ0) is 15.7. The summed E-state index contributed by atoms with van der Waals surface area (Å²) < 4.78 is 2.19. The molecule has 1 N–H and O–H groups in total. The molecule has 0 saturated heterocycles. The van der Waals surface area contributed by atoms with Crippen LogP contribution in [0.5, 0.6) is 0 Å². The van der Waals surface area contributed by atoms with Gasteiger partial charge in [-0.05, 0) is 44.7 Å². The van der Waals surface area contributed by atoms with Gasteiger partial charge in [0.05, 0.1) is 5.25 Å². The third-order valence-corrected chi connectivity index (χ3v) is 5.05. The summed E-state index contributed by atoms with van der Waals surface area (Å²) in [4.78, 5) is 16.9. The van der Waals surface area contributed by atoms with Crippen molar-refractivity contribution in [2.24, 2.45) is 0 Å². The molecule has 1 aromatic carbocycles. The van der Waals surface area contributed by atoms with Gasteiger partial charge in [-0.1, -0.05) is 30.0 Å². The maximum atomic E-state index is 12.5. The van der Waals surface area contributed by atoms with Crippen LogP contribution in [-0.4, -0.2) is 20.7 Å². The van der Waals surface area contributed by atoms with Crippen molar-refractivity contribution in [3.05, 3.63) is 41.7 Å². The first-order valence-corrected chi connectivity index (χ1v) is 8.51. The van der Waals surface area contributed by atoms with Gasteiger partial charge in [0.2, 0.25) is 5.91 Å². The summed E-state index contributed by atoms with van der Waals surface area (Å²) >= 11 is 1.52. The largest absolute Gasteiger partial charge is 0.325 e. The number of carbonyl (C=O) groups excluding carboxylic acids is 1. The van der Waals surface area contributed by atoms with Crippen LogP contribution < -0.4 is 5.32 Å². The van der Waals surface area contributed by atoms with E-state index in [1.807, 2.05) is 51.4 Å². The van der Waals surface area contributed by atoms with E-state index in [4.69, 9.17) is 0 Å². The van der Waals surface area contributed by atoms with Gasteiger partial charge in [-0.3, -0.25) is 4.79 Å². The maximum Gasteiger partial charge on any atom is 0.237 e. The fourth-order valence-corrected chi connectivity index (χ4v) is 3.40. The van der Waals surface area contributed by atoms with Crippen molar-refractivity contribution in [1.82, 2.24) is 9.55 Å². The first-order chi connectivity index (χ1) is 10.6. The number of imidazole rings is 1. The van der Waals surface area contributed by atoms with Crippen molar-refractivity contribution in [2.75, 3.05) is 5.32 Å². The molecule has 1 heterocycles. The number of hydrogen-bond donors (Lipinski definition) is 1. The first kappa shape index (κ1) is 15.2. The Balaban J connectivity index is 1.68. The number of para-hydroxylation sites is 1. The van der Waals surface area contributed by atoms with E-state index in [0.29, 0.717) is 6.04 Å². The van der Waals surface area contributed by atoms with Crippen molar-refractivity contribution in [1.29, 1.82) is 0 Å². The van der Waals surface area contributed by atoms with Gasteiger partial charge >= 0.3 is 0 Å². The summed E-state index contributed by atoms with van der Waals surface area (Å²) in [5, 5.41) is 3.81. The van der Waals surface area contributed by atoms with Crippen molar-refractivity contribution >= 4 is 23.4 Å². The fourth-order valence-electron chi connectivity index (χ4n) is 2.47. The summed E-state index contributed by atoms with van der Waals surface area (Å²) in [5.74, 6) is 0.0211. The van der Waals surface area contributed by atoms with Crippen LogP contribution in [0.2, 0.25) is 0 Å². The summed E-state index contributed by atoms with van der Waals surface area (Å²) in [6, 6.07) is 6.62. The molecule has 4 nitrogen and oxygen atoms in total. The van der Waals surface area contributed by atoms with Crippen molar-refractivity contribution in [3.8, 4) is 0 Å². The molecular weight excluding hydrogens is 294 g/mol. The normalized spacial score (nSPS) is 15.6. The van der Waals surface area contributed by atoms with E-state index in [1.165, 1.54) is 24.6 Å². The van der Waals surface area contributed by atoms with Gasteiger partial charge in [0.15, 0.2) is 5.16 Å². The van der Waals surface area contributed by atoms with E-state index < -0.39 is 0 Å². The molecule has 1 aliphatic carbocycles. The second-order valence-electron chi connectivity index (χ2n) is 5.86. The van der Waals surface area contributed by atoms with Gasteiger partial charge in [0, 0.05) is 24.1 Å². The smallest absolute Gasteiger partial charge is 0.237 e. The van der Waals surface area contributed by atoms with Gasteiger partial charge < -0.3 is 9.88 Å². The van der Waals surface area contributed by atoms with Crippen molar-refractivity contribution < 1.29 is 4.79 Å². The van der Waals surface area contributed by atoms with E-state index in [0.717, 1.165) is 22.0 Å². The molecule has 1 fully saturated rings. The van der Waals surface area contributed by atoms with Gasteiger partial charge in [0.25, 0.3) is 0 Å². The van der Waals surface area contributed by atoms with Crippen molar-refractivity contribution in [2.45, 2.75) is 50.1 Å². The van der Waals surface area contributed by atoms with Crippen molar-refractivity contribution in [3.63, 3.8) is 0 Å². The van der Waals surface area contributed by atoms with Crippen LogP contribution in [-0.2, 0) is 4.79 Å². The van der Waals surface area contributed by atoms with Gasteiger partial charge in [-0.2, -0.15) is 0 Å². The Morgan fingerprint density at radius 2 is 2.05 bits per heavy atom. The first-order valence-electron chi connectivity index (χ1n) is 7.63. The standard InChI is InChI=1S/C17H21N3OS/c1-11-5-4-6-12(2)15(11)19-16(21)13(3)22-17-18-9-10-20(17)14-7-8-14/h4-6,9-10,13-14H,7-8H2,1-3H3,(H,19,21). The fraction of sp³-hybridized carbons (Fsp3) is 0.412. The van der Waals surface area contributed by atoms with Gasteiger partial charge in [0.1, 0.15) is 0 Å². The van der Waals surface area contributed by atoms with Crippen LogP contribution in [0.3, 0.4) is 0 Å². The minimum atomic E-state index is -0.182. The molecule has 1 unspecified atom stereocenters. The molecule has 1 aromatic heterocycles. The summed E-state index contributed by atoms with van der Waals surface area (Å²) in [6.45, 7) is 5.96. The lowest BCUT2D eigenvalue weighted by Gasteiger charge is -2.15. The number of carbonyl (C=O) groups is 1. The molecule has 0 bridgehead atoms. The molecule has 0 radical (unpaired) electrons. The highest BCUT2D eigenvalue weighted by Gasteiger charge is 2.27. The minimum Gasteiger partial charge on any atom is -0.325 e. The number of hydrogen-bond acceptors (Lipinski definition) is 3. The number of amides is 1. The lowest BCUT2D eigenvalue weighted by molar-refractivity contribution is -0.115. The summed E-state index contributed by atoms with van der Waals surface area (Å²) in [5.41, 5.74) is 3.10. The van der Waals surface area contributed by atoms with Crippen LogP contribution >= 0.6 is 11.8 Å². The molecule has 1 aliphatic rings. The van der Waals surface area contributed by atoms with Crippen LogP contribution in [0.15, 0.2) is 35.7 Å². The Hall–Kier alpha value is -1.75. The van der Waals surface area contributed by atoms with Crippen LogP contribution in [0.4, 0.5) is 5.69 Å². The highest BCUT2D eigenvalue weighted by Crippen LogP contribution is 2.38. The average molecular weight is 315 g/mol. The molecule has 1 atom stereocenters. The van der Waals surface area contributed by atoms with E-state index in [-0.39, 0.29) is 11.2 Å². The molecule has 1 amide bonds. The predicted molar refractivity (Wildman–Crippen MR) is 90.4 cm³/mol. The molecule has 0 aliphatic heterocycles. The van der Waals surface area contributed by atoms with Gasteiger partial charge in [-0.15, -0.1) is 0 Å². The maximum absolute atomic E-state index is 12.5. The van der Waals surface area contributed by atoms with E-state index in [2.05, 4.69) is 14.9 Å². The predicted octanol–water partition coefficient (Wildman–Crippen LogP) is 3.95. The second-order valence-corrected chi connectivity index (χ2v) is 7.17. The number of anilines is 1. The highest BCUT2D eigenvalue weighted by atomic mass is 32.2.